The van der Waals surface area contributed by atoms with Crippen LogP contribution in [0.2, 0.25) is 0 Å². The molecule has 0 amide bonds. The van der Waals surface area contributed by atoms with Crippen LogP contribution in [-0.2, 0) is 25.4 Å². The molecule has 10 unspecified atom stereocenters. The first kappa shape index (κ1) is 90.4. The normalized spacial score (nSPS) is 21.7. The fourth-order valence-electron chi connectivity index (χ4n) is 12.4. The Morgan fingerprint density at radius 1 is 0.415 bits per heavy atom. The van der Waals surface area contributed by atoms with E-state index in [1.807, 2.05) is 0 Å². The molecule has 123 heavy (non-hydrogen) atoms. The predicted octanol–water partition coefficient (Wildman–Crippen LogP) is 1.74. The number of ketones is 1. The van der Waals surface area contributed by atoms with Crippen LogP contribution in [0.25, 0.3) is 22.3 Å². The number of hydrogen-bond donors (Lipinski definition) is 30. The SMILES string of the molecule is COC(=O)c1cc(O)c(O)c(O)c1.O=C(O)c1cc(O)c(O)c(O)c1.O=C(O[C@H]1Cc2c(O)cc(O)cc2O[C@@H]1c1cc(O)cc(O)c1)c1cc(O)c(O)c(O)c1.O=C1c2c(O)cc(O)cc2O[C@H](c2ccc(O)c(OC3OC(CO)C(O)C(O)C3O)c2)[C@H]1O.O=c1c(O)c(-c2ccc(O)c(OC3OC(CO)C(O)C(O)C3O)c2)oc2cc(O)cc(O)c12. The maximum Gasteiger partial charge on any atom is 0.338 e. The molecule has 14 rings (SSSR count). The van der Waals surface area contributed by atoms with E-state index >= 15 is 0 Å². The van der Waals surface area contributed by atoms with E-state index in [1.54, 1.807) is 0 Å². The predicted molar refractivity (Wildman–Crippen MR) is 403 cm³/mol. The van der Waals surface area contributed by atoms with Gasteiger partial charge >= 0.3 is 17.9 Å². The summed E-state index contributed by atoms with van der Waals surface area (Å²) in [5, 5.41) is 289. The second-order valence-corrected chi connectivity index (χ2v) is 27.0. The second-order valence-electron chi connectivity index (χ2n) is 27.0. The molecular weight excluding hydrogens is 1650 g/mol. The third kappa shape index (κ3) is 19.7. The van der Waals surface area contributed by atoms with Gasteiger partial charge in [-0.05, 0) is 84.4 Å². The van der Waals surface area contributed by atoms with Crippen LogP contribution in [0.5, 0.6) is 138 Å². The van der Waals surface area contributed by atoms with Gasteiger partial charge < -0.3 is 196 Å². The molecule has 2 saturated heterocycles. The monoisotopic (exact) mass is 1730 g/mol. The number of aliphatic hydroxyl groups excluding tert-OH is 9. The molecule has 14 atom stereocenters. The maximum atomic E-state index is 12.7. The van der Waals surface area contributed by atoms with E-state index < -0.39 is 214 Å². The van der Waals surface area contributed by atoms with Crippen LogP contribution in [0.4, 0.5) is 0 Å². The Kier molecular flexibility index (Phi) is 27.3. The number of fused-ring (bicyclic) bond motifs is 3. The number of rotatable bonds is 13. The van der Waals surface area contributed by atoms with Crippen molar-refractivity contribution in [1.29, 1.82) is 0 Å². The number of carbonyl (C=O) groups excluding carboxylic acids is 3. The molecule has 30 N–H and O–H groups in total. The number of Topliss-reactive ketones (excluding diaryl/α,β-unsaturated/α-hetero) is 1. The van der Waals surface area contributed by atoms with E-state index in [4.69, 9.17) is 73.3 Å². The minimum Gasteiger partial charge on any atom is -0.508 e. The number of ether oxygens (including phenoxy) is 8. The smallest absolute Gasteiger partial charge is 0.338 e. The molecule has 2 fully saturated rings. The van der Waals surface area contributed by atoms with Crippen LogP contribution in [-0.4, -0.2) is 271 Å². The average molecular weight is 1730 g/mol. The number of phenolic OH excluding ortho intramolecular Hbond substituents is 19. The molecule has 10 aromatic rings. The van der Waals surface area contributed by atoms with Crippen LogP contribution in [0.15, 0.2) is 137 Å². The lowest BCUT2D eigenvalue weighted by atomic mass is 9.92. The molecule has 0 spiro atoms. The van der Waals surface area contributed by atoms with Crippen molar-refractivity contribution in [2.75, 3.05) is 20.3 Å². The molecule has 44 heteroatoms. The Labute approximate surface area is 685 Å². The van der Waals surface area contributed by atoms with Gasteiger partial charge in [-0.1, -0.05) is 6.07 Å². The third-order valence-corrected chi connectivity index (χ3v) is 18.6. The van der Waals surface area contributed by atoms with Crippen LogP contribution in [0.1, 0.15) is 70.3 Å². The molecule has 5 heterocycles. The van der Waals surface area contributed by atoms with Crippen molar-refractivity contribution in [2.45, 2.75) is 92.2 Å². The fourth-order valence-corrected chi connectivity index (χ4v) is 12.4. The lowest BCUT2D eigenvalue weighted by molar-refractivity contribution is -0.277. The van der Waals surface area contributed by atoms with Gasteiger partial charge in [0, 0.05) is 65.6 Å². The van der Waals surface area contributed by atoms with Crippen LogP contribution in [0.3, 0.4) is 0 Å². The summed E-state index contributed by atoms with van der Waals surface area (Å²) in [4.78, 5) is 59.1. The minimum atomic E-state index is -1.75. The lowest BCUT2D eigenvalue weighted by Gasteiger charge is -2.39. The number of carboxylic acid groups (broad SMARTS) is 1. The highest BCUT2D eigenvalue weighted by atomic mass is 16.7. The summed E-state index contributed by atoms with van der Waals surface area (Å²) in [6.07, 6.45) is -21.1. The molecule has 4 aliphatic heterocycles. The maximum absolute atomic E-state index is 12.7. The number of esters is 2. The Morgan fingerprint density at radius 2 is 0.854 bits per heavy atom. The largest absolute Gasteiger partial charge is 0.508 e. The standard InChI is InChI=1S/C22H18O10.C21H22O12.C21H20O12.C8H8O5.C7H6O5/c23-11-1-9(2-12(24)5-11)21-19(8-14-15(26)6-13(25)7-18(14)31-21)32-22(30)10-3-16(27)20(29)17(28)4-10;2*22-6-13-15(26)17(28)19(30)21(33-13)32-11-3-7(1-2-9(11)24)20-18(29)16(27)14-10(25)4-8(23)5-12(14)31-20;1-13-8(12)4-2-5(9)7(11)6(10)3-4;8-4-1-3(7(11)12)2-5(9)6(4)10/h1-7,19,21,23-29H,8H2;1-5,13,15,17-26,28-30H,6H2;1-5,13,15,17,19,21-26,28-30H,6H2;2-3,9-11H,1H3;1-2,8-10H,(H,11,12)/t19-,21+;13?,15?,17?,18-,19?,20+,21?;;;/m00.../s1. The highest BCUT2D eigenvalue weighted by Gasteiger charge is 2.48. The topological polar surface area (TPSA) is 779 Å². The first-order valence-electron chi connectivity index (χ1n) is 35.2. The van der Waals surface area contributed by atoms with Gasteiger partial charge in [-0.3, -0.25) is 9.59 Å². The number of aromatic hydroxyl groups is 20. The van der Waals surface area contributed by atoms with Crippen molar-refractivity contribution in [3.63, 3.8) is 0 Å². The van der Waals surface area contributed by atoms with Gasteiger partial charge in [-0.15, -0.1) is 0 Å². The van der Waals surface area contributed by atoms with Crippen molar-refractivity contribution in [1.82, 2.24) is 0 Å². The van der Waals surface area contributed by atoms with Crippen molar-refractivity contribution < 1.29 is 215 Å². The zero-order valence-electron chi connectivity index (χ0n) is 62.5. The molecule has 4 aliphatic rings. The Hall–Kier alpha value is -15.0. The highest BCUT2D eigenvalue weighted by molar-refractivity contribution is 6.05. The van der Waals surface area contributed by atoms with Crippen LogP contribution < -0.4 is 24.4 Å². The second kappa shape index (κ2) is 37.1. The molecule has 44 nitrogen and oxygen atoms in total. The van der Waals surface area contributed by atoms with Gasteiger partial charge in [0.15, 0.2) is 98.8 Å². The summed E-state index contributed by atoms with van der Waals surface area (Å²) >= 11 is 0. The minimum absolute atomic E-state index is 0.0201. The summed E-state index contributed by atoms with van der Waals surface area (Å²) in [7, 11) is 1.17. The Morgan fingerprint density at radius 3 is 1.35 bits per heavy atom. The van der Waals surface area contributed by atoms with Crippen LogP contribution in [0, 0.1) is 0 Å². The summed E-state index contributed by atoms with van der Waals surface area (Å²) in [6, 6.07) is 22.7. The van der Waals surface area contributed by atoms with E-state index in [2.05, 4.69) is 4.74 Å². The number of hydrogen-bond acceptors (Lipinski definition) is 43. The van der Waals surface area contributed by atoms with Crippen molar-refractivity contribution in [3.8, 4) is 149 Å². The summed E-state index contributed by atoms with van der Waals surface area (Å²) in [5.74, 6) is -15.7. The van der Waals surface area contributed by atoms with Gasteiger partial charge in [0.2, 0.25) is 29.5 Å². The van der Waals surface area contributed by atoms with E-state index in [-0.39, 0.29) is 119 Å². The molecule has 0 radical (unpaired) electrons. The first-order valence-corrected chi connectivity index (χ1v) is 35.2. The number of benzene rings is 9. The van der Waals surface area contributed by atoms with Gasteiger partial charge in [0.25, 0.3) is 0 Å². The summed E-state index contributed by atoms with van der Waals surface area (Å²) in [5.41, 5.74) is -1.44. The first-order chi connectivity index (χ1) is 57.9. The number of methoxy groups -OCH3 is 1. The summed E-state index contributed by atoms with van der Waals surface area (Å²) < 4.78 is 48.2. The van der Waals surface area contributed by atoms with E-state index in [1.165, 1.54) is 43.5 Å². The fraction of sp³-hybridized carbons (Fsp3) is 0.228. The molecule has 0 aliphatic carbocycles. The summed E-state index contributed by atoms with van der Waals surface area (Å²) in [6.45, 7) is -1.37. The number of carbonyl (C=O) groups is 4. The number of phenols is 19. The van der Waals surface area contributed by atoms with Crippen LogP contribution >= 0.6 is 0 Å². The van der Waals surface area contributed by atoms with Crippen molar-refractivity contribution in [2.24, 2.45) is 0 Å². The van der Waals surface area contributed by atoms with Gasteiger partial charge in [0.05, 0.1) is 37.0 Å². The Bertz CT molecular complexity index is 5620. The van der Waals surface area contributed by atoms with Crippen molar-refractivity contribution >= 4 is 34.7 Å². The van der Waals surface area contributed by atoms with Crippen molar-refractivity contribution in [3.05, 3.63) is 177 Å². The Balaban J connectivity index is 0.000000169. The highest BCUT2D eigenvalue weighted by Crippen LogP contribution is 2.48. The number of carboxylic acids is 1. The van der Waals surface area contributed by atoms with Gasteiger partial charge in [0.1, 0.15) is 129 Å². The average Bonchev–Trinajstić information content (AvgIpc) is 0.777. The van der Waals surface area contributed by atoms with E-state index in [0.717, 1.165) is 91.0 Å². The van der Waals surface area contributed by atoms with E-state index in [9.17, 15) is 141 Å². The molecule has 654 valence electrons. The number of aliphatic hydroxyl groups is 9. The molecule has 9 aromatic carbocycles. The zero-order valence-corrected chi connectivity index (χ0v) is 62.5. The molecular formula is C79H74O44. The quantitative estimate of drug-likeness (QED) is 0.0577. The number of aromatic carboxylic acids is 1. The molecule has 0 saturated carbocycles. The van der Waals surface area contributed by atoms with Gasteiger partial charge in [-0.2, -0.15) is 0 Å². The van der Waals surface area contributed by atoms with Gasteiger partial charge in [-0.25, -0.2) is 14.4 Å². The zero-order chi connectivity index (χ0) is 90.5. The molecule has 1 aromatic heterocycles. The van der Waals surface area contributed by atoms with E-state index in [0.29, 0.717) is 0 Å². The molecule has 0 bridgehead atoms. The lowest BCUT2D eigenvalue weighted by Crippen LogP contribution is -2.60. The third-order valence-electron chi connectivity index (χ3n) is 18.6.